The maximum Gasteiger partial charge on any atom is 0.153 e. The van der Waals surface area contributed by atoms with E-state index in [9.17, 15) is 13.5 Å². The predicted octanol–water partition coefficient (Wildman–Crippen LogP) is 1.75. The molecule has 0 aliphatic heterocycles. The van der Waals surface area contributed by atoms with Crippen molar-refractivity contribution in [2.45, 2.75) is 56.8 Å². The summed E-state index contributed by atoms with van der Waals surface area (Å²) < 4.78 is 23.2. The molecule has 0 saturated heterocycles. The van der Waals surface area contributed by atoms with Crippen LogP contribution in [-0.4, -0.2) is 30.6 Å². The smallest absolute Gasteiger partial charge is 0.153 e. The molecule has 0 aromatic rings. The molecule has 4 heteroatoms. The number of hydrogen-bond acceptors (Lipinski definition) is 3. The minimum atomic E-state index is -3.12. The summed E-state index contributed by atoms with van der Waals surface area (Å²) in [6, 6.07) is 0. The average Bonchev–Trinajstić information content (AvgIpc) is 2.48. The molecule has 1 saturated carbocycles. The molecule has 0 aromatic carbocycles. The van der Waals surface area contributed by atoms with Gasteiger partial charge in [-0.25, -0.2) is 8.42 Å². The van der Waals surface area contributed by atoms with Crippen molar-refractivity contribution in [3.05, 3.63) is 0 Å². The molecule has 1 fully saturated rings. The van der Waals surface area contributed by atoms with Crippen molar-refractivity contribution in [1.82, 2.24) is 0 Å². The second-order valence-corrected chi connectivity index (χ2v) is 7.12. The molecule has 1 N–H and O–H groups in total. The fourth-order valence-electron chi connectivity index (χ4n) is 2.81. The van der Waals surface area contributed by atoms with Gasteiger partial charge in [-0.05, 0) is 31.6 Å². The lowest BCUT2D eigenvalue weighted by Gasteiger charge is -2.34. The minimum Gasteiger partial charge on any atom is -0.388 e. The Kier molecular flexibility index (Phi) is 3.82. The maximum atomic E-state index is 11.6. The average molecular weight is 234 g/mol. The second-order valence-electron chi connectivity index (χ2n) is 4.89. The molecule has 0 radical (unpaired) electrons. The molecule has 1 aliphatic carbocycles. The van der Waals surface area contributed by atoms with Gasteiger partial charge in [0.1, 0.15) is 0 Å². The number of aliphatic hydroxyl groups is 1. The van der Waals surface area contributed by atoms with E-state index in [-0.39, 0.29) is 5.92 Å². The van der Waals surface area contributed by atoms with Gasteiger partial charge in [-0.15, -0.1) is 0 Å². The first kappa shape index (κ1) is 13.0. The Balaban J connectivity index is 2.91. The number of hydrogen-bond donors (Lipinski definition) is 1. The van der Waals surface area contributed by atoms with Gasteiger partial charge in [-0.3, -0.25) is 0 Å². The third-order valence-corrected chi connectivity index (χ3v) is 5.37. The molecule has 1 rings (SSSR count). The van der Waals surface area contributed by atoms with Crippen LogP contribution in [-0.2, 0) is 9.84 Å². The van der Waals surface area contributed by atoms with Crippen molar-refractivity contribution in [2.75, 3.05) is 6.26 Å². The van der Waals surface area contributed by atoms with Gasteiger partial charge in [0.25, 0.3) is 0 Å². The van der Waals surface area contributed by atoms with Crippen molar-refractivity contribution in [3.63, 3.8) is 0 Å². The van der Waals surface area contributed by atoms with E-state index in [1.54, 1.807) is 0 Å². The maximum absolute atomic E-state index is 11.6. The van der Waals surface area contributed by atoms with Gasteiger partial charge >= 0.3 is 0 Å². The van der Waals surface area contributed by atoms with Gasteiger partial charge in [0.05, 0.1) is 10.9 Å². The monoisotopic (exact) mass is 234 g/mol. The normalized spacial score (nSPS) is 34.3. The van der Waals surface area contributed by atoms with E-state index in [1.807, 2.05) is 6.92 Å². The zero-order chi connectivity index (χ0) is 11.7. The van der Waals surface area contributed by atoms with Crippen LogP contribution in [0.3, 0.4) is 0 Å². The predicted molar refractivity (Wildman–Crippen MR) is 61.5 cm³/mol. The highest BCUT2D eigenvalue weighted by Crippen LogP contribution is 2.41. The van der Waals surface area contributed by atoms with Crippen LogP contribution >= 0.6 is 0 Å². The molecule has 3 unspecified atom stereocenters. The summed E-state index contributed by atoms with van der Waals surface area (Å²) >= 11 is 0. The summed E-state index contributed by atoms with van der Waals surface area (Å²) in [5.74, 6) is 0.0738. The molecule has 15 heavy (non-hydrogen) atoms. The first-order chi connectivity index (χ1) is 6.82. The summed E-state index contributed by atoms with van der Waals surface area (Å²) in [6.07, 6.45) is 5.19. The van der Waals surface area contributed by atoms with Crippen molar-refractivity contribution in [1.29, 1.82) is 0 Å². The second kappa shape index (κ2) is 4.42. The van der Waals surface area contributed by atoms with Crippen LogP contribution in [0.15, 0.2) is 0 Å². The van der Waals surface area contributed by atoms with Crippen LogP contribution in [0.5, 0.6) is 0 Å². The largest absolute Gasteiger partial charge is 0.388 e. The third kappa shape index (κ3) is 2.53. The van der Waals surface area contributed by atoms with Crippen molar-refractivity contribution < 1.29 is 13.5 Å². The summed E-state index contributed by atoms with van der Waals surface area (Å²) in [4.78, 5) is 0. The van der Waals surface area contributed by atoms with E-state index in [0.29, 0.717) is 12.8 Å². The van der Waals surface area contributed by atoms with E-state index >= 15 is 0 Å². The molecule has 3 atom stereocenters. The quantitative estimate of drug-likeness (QED) is 0.806. The molecular weight excluding hydrogens is 212 g/mol. The molecule has 0 amide bonds. The molecular formula is C11H22O3S. The summed E-state index contributed by atoms with van der Waals surface area (Å²) in [7, 11) is -3.12. The Morgan fingerprint density at radius 2 is 2.13 bits per heavy atom. The lowest BCUT2D eigenvalue weighted by atomic mass is 9.84. The zero-order valence-corrected chi connectivity index (χ0v) is 10.7. The molecule has 0 bridgehead atoms. The van der Waals surface area contributed by atoms with Crippen LogP contribution in [0, 0.1) is 5.92 Å². The topological polar surface area (TPSA) is 54.4 Å². The van der Waals surface area contributed by atoms with E-state index in [2.05, 4.69) is 6.92 Å². The lowest BCUT2D eigenvalue weighted by molar-refractivity contribution is -0.00545. The van der Waals surface area contributed by atoms with Crippen LogP contribution in [0.4, 0.5) is 0 Å². The third-order valence-electron chi connectivity index (χ3n) is 3.69. The summed E-state index contributed by atoms with van der Waals surface area (Å²) in [6.45, 7) is 4.03. The Bertz CT molecular complexity index is 310. The molecule has 3 nitrogen and oxygen atoms in total. The molecule has 1 aliphatic rings. The van der Waals surface area contributed by atoms with Crippen LogP contribution in [0.1, 0.15) is 46.0 Å². The van der Waals surface area contributed by atoms with Crippen molar-refractivity contribution in [3.8, 4) is 0 Å². The Labute approximate surface area is 92.8 Å². The minimum absolute atomic E-state index is 0.0738. The van der Waals surface area contributed by atoms with Gasteiger partial charge in [0, 0.05) is 6.26 Å². The number of rotatable bonds is 4. The highest BCUT2D eigenvalue weighted by Gasteiger charge is 2.49. The zero-order valence-electron chi connectivity index (χ0n) is 9.86. The molecule has 0 spiro atoms. The van der Waals surface area contributed by atoms with Crippen molar-refractivity contribution in [2.24, 2.45) is 5.92 Å². The van der Waals surface area contributed by atoms with Gasteiger partial charge in [-0.2, -0.15) is 0 Å². The lowest BCUT2D eigenvalue weighted by Crippen LogP contribution is -2.47. The summed E-state index contributed by atoms with van der Waals surface area (Å²) in [5.41, 5.74) is -0.983. The fraction of sp³-hybridized carbons (Fsp3) is 1.00. The SMILES string of the molecule is CCCC(C)C1(O)CCCC1S(C)(=O)=O. The molecule has 0 aromatic heterocycles. The van der Waals surface area contributed by atoms with E-state index in [4.69, 9.17) is 0 Å². The first-order valence-electron chi connectivity index (χ1n) is 5.73. The Hall–Kier alpha value is -0.0900. The molecule has 0 heterocycles. The Morgan fingerprint density at radius 3 is 2.60 bits per heavy atom. The standard InChI is InChI=1S/C11H22O3S/c1-4-6-9(2)11(12)8-5-7-10(11)15(3,13)14/h9-10,12H,4-8H2,1-3H3. The fourth-order valence-corrected chi connectivity index (χ4v) is 4.50. The van der Waals surface area contributed by atoms with Crippen LogP contribution in [0.25, 0.3) is 0 Å². The van der Waals surface area contributed by atoms with E-state index in [0.717, 1.165) is 19.3 Å². The Morgan fingerprint density at radius 1 is 1.53 bits per heavy atom. The van der Waals surface area contributed by atoms with Crippen molar-refractivity contribution >= 4 is 9.84 Å². The summed E-state index contributed by atoms with van der Waals surface area (Å²) in [5, 5.41) is 9.96. The van der Waals surface area contributed by atoms with E-state index in [1.165, 1.54) is 6.26 Å². The van der Waals surface area contributed by atoms with Gasteiger partial charge < -0.3 is 5.11 Å². The highest BCUT2D eigenvalue weighted by atomic mass is 32.2. The van der Waals surface area contributed by atoms with Crippen LogP contribution in [0.2, 0.25) is 0 Å². The molecule has 90 valence electrons. The number of sulfone groups is 1. The highest BCUT2D eigenvalue weighted by molar-refractivity contribution is 7.91. The van der Waals surface area contributed by atoms with Gasteiger partial charge in [0.15, 0.2) is 9.84 Å². The van der Waals surface area contributed by atoms with Gasteiger partial charge in [0.2, 0.25) is 0 Å². The van der Waals surface area contributed by atoms with Gasteiger partial charge in [-0.1, -0.05) is 20.3 Å². The van der Waals surface area contributed by atoms with E-state index < -0.39 is 20.7 Å². The first-order valence-corrected chi connectivity index (χ1v) is 7.69. The van der Waals surface area contributed by atoms with Crippen LogP contribution < -0.4 is 0 Å².